The Labute approximate surface area is 96.8 Å². The first-order chi connectivity index (χ1) is 8.19. The van der Waals surface area contributed by atoms with E-state index in [4.69, 9.17) is 9.94 Å². The fourth-order valence-corrected chi connectivity index (χ4v) is 1.62. The molecule has 88 valence electrons. The lowest BCUT2D eigenvalue weighted by molar-refractivity contribution is 0.321. The van der Waals surface area contributed by atoms with Gasteiger partial charge in [0.1, 0.15) is 11.2 Å². The normalized spacial score (nSPS) is 11.2. The van der Waals surface area contributed by atoms with E-state index in [1.165, 1.54) is 11.5 Å². The van der Waals surface area contributed by atoms with E-state index in [1.54, 1.807) is 12.3 Å². The van der Waals surface area contributed by atoms with Crippen molar-refractivity contribution >= 4 is 11.9 Å². The molecule has 2 heterocycles. The summed E-state index contributed by atoms with van der Waals surface area (Å²) in [6, 6.07) is 3.60. The van der Waals surface area contributed by atoms with Crippen LogP contribution in [0.1, 0.15) is 11.1 Å². The fourth-order valence-electron chi connectivity index (χ4n) is 1.62. The number of ether oxygens (including phenoxy) is 1. The van der Waals surface area contributed by atoms with Gasteiger partial charge in [-0.25, -0.2) is 0 Å². The maximum atomic E-state index is 12.1. The summed E-state index contributed by atoms with van der Waals surface area (Å²) in [5.74, 6) is 0.141. The van der Waals surface area contributed by atoms with Crippen LogP contribution < -0.4 is 10.3 Å². The number of aryl methyl sites for hydroxylation is 1. The van der Waals surface area contributed by atoms with Gasteiger partial charge >= 0.3 is 0 Å². The Morgan fingerprint density at radius 1 is 1.59 bits per heavy atom. The van der Waals surface area contributed by atoms with Gasteiger partial charge in [-0.2, -0.15) is 4.98 Å². The Bertz CT molecular complexity index is 646. The van der Waals surface area contributed by atoms with Crippen molar-refractivity contribution in [2.45, 2.75) is 6.92 Å². The predicted molar refractivity (Wildman–Crippen MR) is 62.1 cm³/mol. The number of fused-ring (bicyclic) bond motifs is 1. The minimum Gasteiger partial charge on any atom is -0.480 e. The first kappa shape index (κ1) is 11.1. The molecule has 0 unspecified atom stereocenters. The van der Waals surface area contributed by atoms with Gasteiger partial charge in [0.2, 0.25) is 5.88 Å². The van der Waals surface area contributed by atoms with Gasteiger partial charge in [0.05, 0.1) is 13.3 Å². The van der Waals surface area contributed by atoms with Gasteiger partial charge in [-0.05, 0) is 18.6 Å². The van der Waals surface area contributed by atoms with E-state index in [2.05, 4.69) is 10.1 Å². The highest BCUT2D eigenvalue weighted by atomic mass is 16.5. The van der Waals surface area contributed by atoms with Crippen LogP contribution in [-0.4, -0.2) is 27.9 Å². The van der Waals surface area contributed by atoms with Crippen molar-refractivity contribution in [3.8, 4) is 5.88 Å². The Balaban J connectivity index is 2.93. The van der Waals surface area contributed by atoms with Crippen molar-refractivity contribution in [1.29, 1.82) is 0 Å². The Morgan fingerprint density at radius 2 is 2.35 bits per heavy atom. The van der Waals surface area contributed by atoms with Crippen LogP contribution in [-0.2, 0) is 0 Å². The lowest BCUT2D eigenvalue weighted by atomic mass is 10.2. The number of pyridine rings is 1. The first-order valence-corrected chi connectivity index (χ1v) is 4.92. The smallest absolute Gasteiger partial charge is 0.270 e. The summed E-state index contributed by atoms with van der Waals surface area (Å²) < 4.78 is 6.40. The van der Waals surface area contributed by atoms with Gasteiger partial charge in [-0.1, -0.05) is 11.2 Å². The average Bonchev–Trinajstić information content (AvgIpc) is 2.33. The molecule has 1 N–H and O–H groups in total. The summed E-state index contributed by atoms with van der Waals surface area (Å²) >= 11 is 0. The van der Waals surface area contributed by atoms with Crippen molar-refractivity contribution in [3.05, 3.63) is 39.8 Å². The van der Waals surface area contributed by atoms with Crippen molar-refractivity contribution < 1.29 is 9.94 Å². The third-order valence-electron chi connectivity index (χ3n) is 2.43. The molecule has 0 radical (unpaired) electrons. The quantitative estimate of drug-likeness (QED) is 0.473. The van der Waals surface area contributed by atoms with Crippen LogP contribution in [0.25, 0.3) is 5.65 Å². The van der Waals surface area contributed by atoms with Crippen molar-refractivity contribution in [3.63, 3.8) is 0 Å². The summed E-state index contributed by atoms with van der Waals surface area (Å²) in [7, 11) is 1.41. The summed E-state index contributed by atoms with van der Waals surface area (Å²) in [5.41, 5.74) is 1.14. The van der Waals surface area contributed by atoms with E-state index in [1.807, 2.05) is 13.0 Å². The number of hydrogen-bond acceptors (Lipinski definition) is 5. The second-order valence-corrected chi connectivity index (χ2v) is 3.47. The minimum absolute atomic E-state index is 0.109. The molecule has 0 saturated carbocycles. The molecule has 0 spiro atoms. The molecule has 0 atom stereocenters. The molecule has 6 heteroatoms. The van der Waals surface area contributed by atoms with E-state index >= 15 is 0 Å². The van der Waals surface area contributed by atoms with Gasteiger partial charge in [0.25, 0.3) is 5.56 Å². The van der Waals surface area contributed by atoms with Crippen LogP contribution in [0.2, 0.25) is 0 Å². The third kappa shape index (κ3) is 1.73. The van der Waals surface area contributed by atoms with Crippen molar-refractivity contribution in [2.24, 2.45) is 5.16 Å². The van der Waals surface area contributed by atoms with Gasteiger partial charge < -0.3 is 9.94 Å². The largest absolute Gasteiger partial charge is 0.480 e. The standard InChI is InChI=1S/C11H11N3O3/c1-7-4-3-5-14-9(7)13-10(17-2)8(6-12-16)11(14)15/h3-6,16H,1-2H3/b12-6-. The van der Waals surface area contributed by atoms with Crippen LogP contribution in [0.15, 0.2) is 28.3 Å². The number of rotatable bonds is 2. The molecular weight excluding hydrogens is 222 g/mol. The highest BCUT2D eigenvalue weighted by molar-refractivity contribution is 5.82. The summed E-state index contributed by atoms with van der Waals surface area (Å²) in [6.45, 7) is 1.85. The monoisotopic (exact) mass is 233 g/mol. The SMILES string of the molecule is COc1nc2c(C)cccn2c(=O)c1/C=N\O. The zero-order valence-electron chi connectivity index (χ0n) is 9.41. The van der Waals surface area contributed by atoms with Gasteiger partial charge in [-0.3, -0.25) is 9.20 Å². The van der Waals surface area contributed by atoms with Gasteiger partial charge in [-0.15, -0.1) is 0 Å². The molecule has 6 nitrogen and oxygen atoms in total. The molecule has 2 aromatic heterocycles. The molecule has 0 aliphatic carbocycles. The molecule has 2 aromatic rings. The zero-order valence-corrected chi connectivity index (χ0v) is 9.41. The molecule has 17 heavy (non-hydrogen) atoms. The van der Waals surface area contributed by atoms with E-state index < -0.39 is 0 Å². The van der Waals surface area contributed by atoms with Crippen molar-refractivity contribution in [2.75, 3.05) is 7.11 Å². The van der Waals surface area contributed by atoms with Gasteiger partial charge in [0.15, 0.2) is 0 Å². The van der Waals surface area contributed by atoms with Crippen LogP contribution in [0, 0.1) is 6.92 Å². The van der Waals surface area contributed by atoms with E-state index in [0.717, 1.165) is 11.8 Å². The Morgan fingerprint density at radius 3 is 3.00 bits per heavy atom. The van der Waals surface area contributed by atoms with E-state index in [0.29, 0.717) is 5.65 Å². The molecular formula is C11H11N3O3. The molecule has 2 rings (SSSR count). The maximum absolute atomic E-state index is 12.1. The molecule has 0 aromatic carbocycles. The lowest BCUT2D eigenvalue weighted by Gasteiger charge is -2.07. The summed E-state index contributed by atoms with van der Waals surface area (Å²) in [6.07, 6.45) is 2.62. The number of nitrogens with zero attached hydrogens (tertiary/aromatic N) is 3. The highest BCUT2D eigenvalue weighted by Crippen LogP contribution is 2.13. The van der Waals surface area contributed by atoms with Crippen LogP contribution >= 0.6 is 0 Å². The second kappa shape index (κ2) is 4.25. The third-order valence-corrected chi connectivity index (χ3v) is 2.43. The highest BCUT2D eigenvalue weighted by Gasteiger charge is 2.12. The number of methoxy groups -OCH3 is 1. The molecule has 0 amide bonds. The molecule has 0 bridgehead atoms. The van der Waals surface area contributed by atoms with Crippen LogP contribution in [0.3, 0.4) is 0 Å². The zero-order chi connectivity index (χ0) is 12.4. The van der Waals surface area contributed by atoms with Gasteiger partial charge in [0, 0.05) is 6.20 Å². The topological polar surface area (TPSA) is 76.2 Å². The van der Waals surface area contributed by atoms with E-state index in [-0.39, 0.29) is 17.0 Å². The maximum Gasteiger partial charge on any atom is 0.270 e. The molecule has 0 saturated heterocycles. The van der Waals surface area contributed by atoms with Crippen LogP contribution in [0.5, 0.6) is 5.88 Å². The number of oxime groups is 1. The second-order valence-electron chi connectivity index (χ2n) is 3.47. The van der Waals surface area contributed by atoms with E-state index in [9.17, 15) is 4.79 Å². The molecule has 0 aliphatic heterocycles. The van der Waals surface area contributed by atoms with Crippen LogP contribution in [0.4, 0.5) is 0 Å². The minimum atomic E-state index is -0.339. The first-order valence-electron chi connectivity index (χ1n) is 4.92. The average molecular weight is 233 g/mol. The summed E-state index contributed by atoms with van der Waals surface area (Å²) in [4.78, 5) is 16.3. The molecule has 0 fully saturated rings. The molecule has 0 aliphatic rings. The number of hydrogen-bond donors (Lipinski definition) is 1. The predicted octanol–water partition coefficient (Wildman–Crippen LogP) is 0.820. The Kier molecular flexibility index (Phi) is 2.78. The Hall–Kier alpha value is -2.37. The number of aromatic nitrogens is 2. The fraction of sp³-hybridized carbons (Fsp3) is 0.182. The lowest BCUT2D eigenvalue weighted by Crippen LogP contribution is -2.21. The van der Waals surface area contributed by atoms with Crippen molar-refractivity contribution in [1.82, 2.24) is 9.38 Å². The summed E-state index contributed by atoms with van der Waals surface area (Å²) in [5, 5.41) is 11.4.